The van der Waals surface area contributed by atoms with Gasteiger partial charge in [-0.25, -0.2) is 0 Å². The summed E-state index contributed by atoms with van der Waals surface area (Å²) in [6.07, 6.45) is 0. The highest BCUT2D eigenvalue weighted by atomic mass is 16.5. The van der Waals surface area contributed by atoms with Crippen LogP contribution in [-0.2, 0) is 9.53 Å². The molecule has 3 N–H and O–H groups in total. The fourth-order valence-electron chi connectivity index (χ4n) is 2.00. The molecule has 0 saturated heterocycles. The molecule has 1 unspecified atom stereocenters. The molecule has 0 aliphatic rings. The van der Waals surface area contributed by atoms with Crippen molar-refractivity contribution in [1.29, 1.82) is 0 Å². The van der Waals surface area contributed by atoms with E-state index < -0.39 is 6.04 Å². The van der Waals surface area contributed by atoms with Crippen LogP contribution in [0.1, 0.15) is 13.8 Å². The number of ether oxygens (including phenoxy) is 2. The molecule has 1 amide bonds. The Labute approximate surface area is 132 Å². The fraction of sp³-hybridized carbons (Fsp3) is 0.562. The predicted octanol–water partition coefficient (Wildman–Crippen LogP) is 1.32. The molecule has 124 valence electrons. The Morgan fingerprint density at radius 1 is 1.32 bits per heavy atom. The van der Waals surface area contributed by atoms with E-state index in [0.717, 1.165) is 19.6 Å². The van der Waals surface area contributed by atoms with Crippen molar-refractivity contribution < 1.29 is 14.3 Å². The molecule has 1 aromatic rings. The number of likely N-dealkylation sites (N-methyl/N-ethyl adjacent to an activating group) is 1. The number of para-hydroxylation sites is 2. The molecule has 6 heteroatoms. The third-order valence-corrected chi connectivity index (χ3v) is 3.39. The molecule has 0 heterocycles. The van der Waals surface area contributed by atoms with Gasteiger partial charge in [-0.2, -0.15) is 0 Å². The number of amides is 1. The normalized spacial score (nSPS) is 12.2. The highest BCUT2D eigenvalue weighted by Gasteiger charge is 2.15. The maximum Gasteiger partial charge on any atom is 0.243 e. The molecule has 0 bridgehead atoms. The van der Waals surface area contributed by atoms with Gasteiger partial charge in [0.05, 0.1) is 12.3 Å². The molecular weight excluding hydrogens is 282 g/mol. The number of carbonyl (C=O) groups excluding carboxylic acids is 1. The highest BCUT2D eigenvalue weighted by molar-refractivity contribution is 5.96. The van der Waals surface area contributed by atoms with E-state index in [0.29, 0.717) is 18.0 Å². The zero-order valence-electron chi connectivity index (χ0n) is 13.7. The van der Waals surface area contributed by atoms with Crippen molar-refractivity contribution >= 4 is 11.6 Å². The Bertz CT molecular complexity index is 450. The number of benzene rings is 1. The van der Waals surface area contributed by atoms with Crippen molar-refractivity contribution in [1.82, 2.24) is 4.90 Å². The maximum atomic E-state index is 11.9. The van der Waals surface area contributed by atoms with Crippen molar-refractivity contribution in [3.63, 3.8) is 0 Å². The zero-order chi connectivity index (χ0) is 16.4. The summed E-state index contributed by atoms with van der Waals surface area (Å²) >= 11 is 0. The third kappa shape index (κ3) is 6.01. The Hall–Kier alpha value is -1.63. The first-order valence-electron chi connectivity index (χ1n) is 7.61. The molecule has 0 spiro atoms. The number of nitrogens with one attached hydrogen (secondary N) is 1. The van der Waals surface area contributed by atoms with Gasteiger partial charge in [0.15, 0.2) is 0 Å². The molecular formula is C16H27N3O3. The van der Waals surface area contributed by atoms with Crippen LogP contribution < -0.4 is 15.8 Å². The van der Waals surface area contributed by atoms with Crippen LogP contribution in [-0.4, -0.2) is 56.8 Å². The minimum atomic E-state index is -0.700. The second-order valence-corrected chi connectivity index (χ2v) is 4.92. The van der Waals surface area contributed by atoms with Crippen molar-refractivity contribution in [2.24, 2.45) is 5.73 Å². The average molecular weight is 309 g/mol. The van der Waals surface area contributed by atoms with E-state index in [4.69, 9.17) is 15.2 Å². The van der Waals surface area contributed by atoms with Gasteiger partial charge in [0.1, 0.15) is 18.4 Å². The van der Waals surface area contributed by atoms with Gasteiger partial charge in [-0.3, -0.25) is 4.79 Å². The lowest BCUT2D eigenvalue weighted by molar-refractivity contribution is -0.118. The van der Waals surface area contributed by atoms with Gasteiger partial charge in [-0.15, -0.1) is 0 Å². The van der Waals surface area contributed by atoms with E-state index in [1.807, 2.05) is 18.2 Å². The Kier molecular flexibility index (Phi) is 8.50. The van der Waals surface area contributed by atoms with Gasteiger partial charge >= 0.3 is 0 Å². The van der Waals surface area contributed by atoms with Crippen LogP contribution in [0, 0.1) is 0 Å². The summed E-state index contributed by atoms with van der Waals surface area (Å²) in [5, 5.41) is 2.78. The molecule has 0 radical (unpaired) electrons. The zero-order valence-corrected chi connectivity index (χ0v) is 13.7. The molecule has 1 rings (SSSR count). The number of carbonyl (C=O) groups is 1. The summed E-state index contributed by atoms with van der Waals surface area (Å²) < 4.78 is 10.7. The summed E-state index contributed by atoms with van der Waals surface area (Å²) in [7, 11) is 1.51. The van der Waals surface area contributed by atoms with Crippen LogP contribution in [0.3, 0.4) is 0 Å². The van der Waals surface area contributed by atoms with Gasteiger partial charge in [0.2, 0.25) is 5.91 Å². The molecule has 0 aliphatic heterocycles. The summed E-state index contributed by atoms with van der Waals surface area (Å²) in [4.78, 5) is 14.2. The largest absolute Gasteiger partial charge is 0.490 e. The Morgan fingerprint density at radius 2 is 2.00 bits per heavy atom. The van der Waals surface area contributed by atoms with E-state index in [1.165, 1.54) is 7.11 Å². The average Bonchev–Trinajstić information content (AvgIpc) is 2.53. The quantitative estimate of drug-likeness (QED) is 0.681. The van der Waals surface area contributed by atoms with Crippen LogP contribution in [0.15, 0.2) is 24.3 Å². The van der Waals surface area contributed by atoms with Gasteiger partial charge in [0, 0.05) is 13.7 Å². The predicted molar refractivity (Wildman–Crippen MR) is 88.2 cm³/mol. The van der Waals surface area contributed by atoms with Crippen molar-refractivity contribution in [2.75, 3.05) is 45.3 Å². The van der Waals surface area contributed by atoms with Gasteiger partial charge in [-0.05, 0) is 25.2 Å². The third-order valence-electron chi connectivity index (χ3n) is 3.39. The van der Waals surface area contributed by atoms with Crippen LogP contribution in [0.5, 0.6) is 5.75 Å². The number of hydrogen-bond donors (Lipinski definition) is 2. The second-order valence-electron chi connectivity index (χ2n) is 4.92. The van der Waals surface area contributed by atoms with Gasteiger partial charge in [0.25, 0.3) is 0 Å². The molecule has 22 heavy (non-hydrogen) atoms. The van der Waals surface area contributed by atoms with Gasteiger partial charge in [-0.1, -0.05) is 26.0 Å². The minimum Gasteiger partial charge on any atom is -0.490 e. The first-order valence-corrected chi connectivity index (χ1v) is 7.61. The molecule has 0 saturated carbocycles. The van der Waals surface area contributed by atoms with Crippen molar-refractivity contribution in [3.8, 4) is 5.75 Å². The second kappa shape index (κ2) is 10.2. The van der Waals surface area contributed by atoms with E-state index >= 15 is 0 Å². The van der Waals surface area contributed by atoms with E-state index in [-0.39, 0.29) is 12.5 Å². The van der Waals surface area contributed by atoms with Crippen LogP contribution in [0.2, 0.25) is 0 Å². The first kappa shape index (κ1) is 18.4. The number of nitrogens with two attached hydrogens (primary N) is 1. The van der Waals surface area contributed by atoms with E-state index in [1.54, 1.807) is 6.07 Å². The molecule has 1 atom stereocenters. The SMILES string of the molecule is CCN(CC)CCOc1ccccc1NC(=O)C(N)COC. The highest BCUT2D eigenvalue weighted by Crippen LogP contribution is 2.23. The van der Waals surface area contributed by atoms with Crippen LogP contribution >= 0.6 is 0 Å². The lowest BCUT2D eigenvalue weighted by Gasteiger charge is -2.19. The number of hydrogen-bond acceptors (Lipinski definition) is 5. The Morgan fingerprint density at radius 3 is 2.64 bits per heavy atom. The van der Waals surface area contributed by atoms with E-state index in [9.17, 15) is 4.79 Å². The fourth-order valence-corrected chi connectivity index (χ4v) is 2.00. The number of anilines is 1. The van der Waals surface area contributed by atoms with Crippen molar-refractivity contribution in [3.05, 3.63) is 24.3 Å². The number of methoxy groups -OCH3 is 1. The lowest BCUT2D eigenvalue weighted by atomic mass is 10.2. The first-order chi connectivity index (χ1) is 10.6. The smallest absolute Gasteiger partial charge is 0.243 e. The summed E-state index contributed by atoms with van der Waals surface area (Å²) in [5.41, 5.74) is 6.34. The van der Waals surface area contributed by atoms with E-state index in [2.05, 4.69) is 24.1 Å². The minimum absolute atomic E-state index is 0.177. The standard InChI is InChI=1S/C16H27N3O3/c1-4-19(5-2)10-11-22-15-9-7-6-8-14(15)18-16(20)13(17)12-21-3/h6-9,13H,4-5,10-12,17H2,1-3H3,(H,18,20). The summed E-state index contributed by atoms with van der Waals surface area (Å²) in [6, 6.07) is 6.64. The van der Waals surface area contributed by atoms with Crippen molar-refractivity contribution in [2.45, 2.75) is 19.9 Å². The lowest BCUT2D eigenvalue weighted by Crippen LogP contribution is -2.39. The topological polar surface area (TPSA) is 76.8 Å². The van der Waals surface area contributed by atoms with Crippen LogP contribution in [0.4, 0.5) is 5.69 Å². The Balaban J connectivity index is 2.60. The maximum absolute atomic E-state index is 11.9. The summed E-state index contributed by atoms with van der Waals surface area (Å²) in [6.45, 7) is 7.81. The number of nitrogens with zero attached hydrogens (tertiary/aromatic N) is 1. The van der Waals surface area contributed by atoms with Crippen LogP contribution in [0.25, 0.3) is 0 Å². The number of rotatable bonds is 10. The summed E-state index contributed by atoms with van der Waals surface area (Å²) in [5.74, 6) is 0.356. The molecule has 0 aliphatic carbocycles. The van der Waals surface area contributed by atoms with Gasteiger partial charge < -0.3 is 25.4 Å². The molecule has 1 aromatic carbocycles. The monoisotopic (exact) mass is 309 g/mol. The molecule has 0 aromatic heterocycles. The molecule has 6 nitrogen and oxygen atoms in total. The molecule has 0 fully saturated rings.